The first-order chi connectivity index (χ1) is 9.50. The van der Waals surface area contributed by atoms with Gasteiger partial charge in [-0.05, 0) is 30.7 Å². The van der Waals surface area contributed by atoms with Crippen LogP contribution in [0.2, 0.25) is 0 Å². The SMILES string of the molecule is CCCNCc1cncc(-n2ccc(C(F)(F)F)n2)c1. The van der Waals surface area contributed by atoms with Crippen molar-refractivity contribution in [3.63, 3.8) is 0 Å². The quantitative estimate of drug-likeness (QED) is 0.859. The summed E-state index contributed by atoms with van der Waals surface area (Å²) >= 11 is 0. The van der Waals surface area contributed by atoms with E-state index in [1.165, 1.54) is 17.1 Å². The zero-order valence-corrected chi connectivity index (χ0v) is 11.0. The van der Waals surface area contributed by atoms with Crippen molar-refractivity contribution >= 4 is 0 Å². The van der Waals surface area contributed by atoms with Crippen LogP contribution in [0.5, 0.6) is 0 Å². The summed E-state index contributed by atoms with van der Waals surface area (Å²) in [6.07, 6.45) is 1.03. The van der Waals surface area contributed by atoms with Crippen LogP contribution >= 0.6 is 0 Å². The number of hydrogen-bond donors (Lipinski definition) is 1. The van der Waals surface area contributed by atoms with Gasteiger partial charge in [0.25, 0.3) is 0 Å². The van der Waals surface area contributed by atoms with E-state index in [1.54, 1.807) is 12.3 Å². The van der Waals surface area contributed by atoms with Crippen molar-refractivity contribution in [1.29, 1.82) is 0 Å². The van der Waals surface area contributed by atoms with Crippen LogP contribution in [-0.2, 0) is 12.7 Å². The van der Waals surface area contributed by atoms with Gasteiger partial charge < -0.3 is 5.32 Å². The Morgan fingerprint density at radius 3 is 2.75 bits per heavy atom. The molecule has 0 unspecified atom stereocenters. The van der Waals surface area contributed by atoms with E-state index < -0.39 is 11.9 Å². The van der Waals surface area contributed by atoms with Gasteiger partial charge >= 0.3 is 6.18 Å². The van der Waals surface area contributed by atoms with E-state index in [0.29, 0.717) is 12.2 Å². The average molecular weight is 284 g/mol. The van der Waals surface area contributed by atoms with Crippen LogP contribution in [0.25, 0.3) is 5.69 Å². The Morgan fingerprint density at radius 1 is 1.30 bits per heavy atom. The molecular formula is C13H15F3N4. The lowest BCUT2D eigenvalue weighted by Crippen LogP contribution is -2.14. The third-order valence-electron chi connectivity index (χ3n) is 2.68. The van der Waals surface area contributed by atoms with E-state index in [-0.39, 0.29) is 0 Å². The van der Waals surface area contributed by atoms with Gasteiger partial charge in [0.2, 0.25) is 0 Å². The van der Waals surface area contributed by atoms with Crippen molar-refractivity contribution in [1.82, 2.24) is 20.1 Å². The molecule has 0 spiro atoms. The zero-order valence-electron chi connectivity index (χ0n) is 11.0. The lowest BCUT2D eigenvalue weighted by atomic mass is 10.2. The predicted molar refractivity (Wildman–Crippen MR) is 68.4 cm³/mol. The van der Waals surface area contributed by atoms with E-state index in [9.17, 15) is 13.2 Å². The largest absolute Gasteiger partial charge is 0.435 e. The molecule has 0 radical (unpaired) electrons. The number of pyridine rings is 1. The summed E-state index contributed by atoms with van der Waals surface area (Å²) in [5.41, 5.74) is 0.503. The second-order valence-electron chi connectivity index (χ2n) is 4.37. The molecule has 2 heterocycles. The second-order valence-corrected chi connectivity index (χ2v) is 4.37. The van der Waals surface area contributed by atoms with Gasteiger partial charge in [-0.15, -0.1) is 0 Å². The number of nitrogens with one attached hydrogen (secondary N) is 1. The molecule has 108 valence electrons. The Bertz CT molecular complexity index is 563. The van der Waals surface area contributed by atoms with Crippen molar-refractivity contribution in [2.45, 2.75) is 26.1 Å². The summed E-state index contributed by atoms with van der Waals surface area (Å²) < 4.78 is 38.7. The fourth-order valence-electron chi connectivity index (χ4n) is 1.72. The molecule has 2 aromatic heterocycles. The molecule has 0 aliphatic rings. The van der Waals surface area contributed by atoms with Gasteiger partial charge in [-0.1, -0.05) is 6.92 Å². The van der Waals surface area contributed by atoms with E-state index in [2.05, 4.69) is 22.3 Å². The minimum atomic E-state index is -4.43. The van der Waals surface area contributed by atoms with E-state index in [0.717, 1.165) is 24.6 Å². The zero-order chi connectivity index (χ0) is 14.6. The lowest BCUT2D eigenvalue weighted by molar-refractivity contribution is -0.141. The summed E-state index contributed by atoms with van der Waals surface area (Å²) in [4.78, 5) is 4.03. The minimum absolute atomic E-state index is 0.510. The van der Waals surface area contributed by atoms with Crippen LogP contribution in [-0.4, -0.2) is 21.3 Å². The van der Waals surface area contributed by atoms with E-state index in [1.807, 2.05) is 0 Å². The highest BCUT2D eigenvalue weighted by Crippen LogP contribution is 2.27. The number of alkyl halides is 3. The minimum Gasteiger partial charge on any atom is -0.313 e. The van der Waals surface area contributed by atoms with Gasteiger partial charge in [0.15, 0.2) is 5.69 Å². The fourth-order valence-corrected chi connectivity index (χ4v) is 1.72. The third-order valence-corrected chi connectivity index (χ3v) is 2.68. The average Bonchev–Trinajstić information content (AvgIpc) is 2.89. The highest BCUT2D eigenvalue weighted by atomic mass is 19.4. The molecule has 20 heavy (non-hydrogen) atoms. The summed E-state index contributed by atoms with van der Waals surface area (Å²) in [5.74, 6) is 0. The maximum Gasteiger partial charge on any atom is 0.435 e. The van der Waals surface area contributed by atoms with Crippen molar-refractivity contribution in [2.24, 2.45) is 0 Å². The molecule has 2 rings (SSSR count). The van der Waals surface area contributed by atoms with Crippen LogP contribution in [0.3, 0.4) is 0 Å². The molecular weight excluding hydrogens is 269 g/mol. The molecule has 0 saturated carbocycles. The molecule has 0 aliphatic heterocycles. The smallest absolute Gasteiger partial charge is 0.313 e. The number of hydrogen-bond acceptors (Lipinski definition) is 3. The van der Waals surface area contributed by atoms with Gasteiger partial charge in [0.1, 0.15) is 0 Å². The Hall–Kier alpha value is -1.89. The van der Waals surface area contributed by atoms with Crippen molar-refractivity contribution in [2.75, 3.05) is 6.54 Å². The summed E-state index contributed by atoms with van der Waals surface area (Å²) in [5, 5.41) is 6.73. The second kappa shape index (κ2) is 6.04. The number of rotatable bonds is 5. The topological polar surface area (TPSA) is 42.7 Å². The fraction of sp³-hybridized carbons (Fsp3) is 0.385. The lowest BCUT2D eigenvalue weighted by Gasteiger charge is -2.06. The Labute approximate surface area is 114 Å². The monoisotopic (exact) mass is 284 g/mol. The van der Waals surface area contributed by atoms with Crippen LogP contribution in [0.4, 0.5) is 13.2 Å². The predicted octanol–water partition coefficient (Wildman–Crippen LogP) is 2.79. The van der Waals surface area contributed by atoms with Crippen molar-refractivity contribution < 1.29 is 13.2 Å². The van der Waals surface area contributed by atoms with Gasteiger partial charge in [-0.25, -0.2) is 4.68 Å². The molecule has 0 saturated heterocycles. The number of nitrogens with zero attached hydrogens (tertiary/aromatic N) is 3. The van der Waals surface area contributed by atoms with Gasteiger partial charge in [-0.3, -0.25) is 4.98 Å². The van der Waals surface area contributed by atoms with Crippen molar-refractivity contribution in [3.05, 3.63) is 42.0 Å². The first kappa shape index (κ1) is 14.5. The molecule has 7 heteroatoms. The van der Waals surface area contributed by atoms with Crippen LogP contribution in [0.15, 0.2) is 30.7 Å². The number of aromatic nitrogens is 3. The third kappa shape index (κ3) is 3.57. The van der Waals surface area contributed by atoms with Gasteiger partial charge in [-0.2, -0.15) is 18.3 Å². The normalized spacial score (nSPS) is 11.8. The molecule has 0 amide bonds. The molecule has 4 nitrogen and oxygen atoms in total. The summed E-state index contributed by atoms with van der Waals surface area (Å²) in [6.45, 7) is 3.57. The Kier molecular flexibility index (Phi) is 4.39. The highest BCUT2D eigenvalue weighted by Gasteiger charge is 2.33. The Balaban J connectivity index is 2.16. The first-order valence-corrected chi connectivity index (χ1v) is 6.28. The number of halogens is 3. The molecule has 0 aromatic carbocycles. The van der Waals surface area contributed by atoms with Crippen LogP contribution in [0, 0.1) is 0 Å². The van der Waals surface area contributed by atoms with Crippen molar-refractivity contribution in [3.8, 4) is 5.69 Å². The van der Waals surface area contributed by atoms with E-state index in [4.69, 9.17) is 0 Å². The maximum absolute atomic E-state index is 12.5. The van der Waals surface area contributed by atoms with E-state index >= 15 is 0 Å². The van der Waals surface area contributed by atoms with Crippen LogP contribution < -0.4 is 5.32 Å². The molecule has 0 fully saturated rings. The van der Waals surface area contributed by atoms with Gasteiger partial charge in [0.05, 0.1) is 11.9 Å². The maximum atomic E-state index is 12.5. The molecule has 0 atom stereocenters. The van der Waals surface area contributed by atoms with Crippen LogP contribution in [0.1, 0.15) is 24.6 Å². The first-order valence-electron chi connectivity index (χ1n) is 6.28. The molecule has 0 aliphatic carbocycles. The van der Waals surface area contributed by atoms with Gasteiger partial charge in [0, 0.05) is 18.9 Å². The molecule has 1 N–H and O–H groups in total. The standard InChI is InChI=1S/C13H15F3N4/c1-2-4-17-7-10-6-11(9-18-8-10)20-5-3-12(19-20)13(14,15)16/h3,5-6,8-9,17H,2,4,7H2,1H3. The molecule has 2 aromatic rings. The molecule has 0 bridgehead atoms. The highest BCUT2D eigenvalue weighted by molar-refractivity contribution is 5.31. The Morgan fingerprint density at radius 2 is 2.10 bits per heavy atom. The summed E-state index contributed by atoms with van der Waals surface area (Å²) in [6, 6.07) is 2.71. The summed E-state index contributed by atoms with van der Waals surface area (Å²) in [7, 11) is 0.